The van der Waals surface area contributed by atoms with Crippen molar-refractivity contribution in [2.45, 2.75) is 36.8 Å². The summed E-state index contributed by atoms with van der Waals surface area (Å²) in [6, 6.07) is 17.8. The lowest BCUT2D eigenvalue weighted by Crippen LogP contribution is -2.06. The molecule has 0 saturated heterocycles. The smallest absolute Gasteiger partial charge is 0.167 e. The number of hydrogen-bond acceptors (Lipinski definition) is 2. The average Bonchev–Trinajstić information content (AvgIpc) is 2.40. The molecule has 2 heteroatoms. The largest absolute Gasteiger partial charge is 0.294 e. The minimum atomic E-state index is 0.168. The maximum Gasteiger partial charge on any atom is 0.167 e. The molecule has 104 valence electrons. The van der Waals surface area contributed by atoms with Crippen molar-refractivity contribution >= 4 is 17.5 Å². The Morgan fingerprint density at radius 1 is 0.950 bits per heavy atom. The van der Waals surface area contributed by atoms with Gasteiger partial charge in [-0.3, -0.25) is 4.79 Å². The van der Waals surface area contributed by atoms with E-state index in [9.17, 15) is 4.79 Å². The van der Waals surface area contributed by atoms with Crippen LogP contribution in [-0.4, -0.2) is 10.5 Å². The highest BCUT2D eigenvalue weighted by molar-refractivity contribution is 8.00. The molecule has 0 radical (unpaired) electrons. The molecule has 0 fully saturated rings. The Morgan fingerprint density at radius 3 is 2.10 bits per heavy atom. The van der Waals surface area contributed by atoms with Crippen LogP contribution in [0.2, 0.25) is 0 Å². The number of carbonyl (C=O) groups excluding carboxylic acids is 1. The molecule has 0 aliphatic heterocycles. The van der Waals surface area contributed by atoms with E-state index in [0.717, 1.165) is 11.1 Å². The van der Waals surface area contributed by atoms with E-state index in [1.165, 1.54) is 4.90 Å². The van der Waals surface area contributed by atoms with Gasteiger partial charge in [0.1, 0.15) is 0 Å². The Kier molecular flexibility index (Phi) is 4.66. The molecule has 0 aromatic heterocycles. The van der Waals surface area contributed by atoms with Gasteiger partial charge in [-0.25, -0.2) is 0 Å². The fourth-order valence-corrected chi connectivity index (χ4v) is 2.92. The molecule has 2 aromatic carbocycles. The average molecular weight is 284 g/mol. The van der Waals surface area contributed by atoms with Crippen LogP contribution in [0.15, 0.2) is 59.5 Å². The van der Waals surface area contributed by atoms with Crippen LogP contribution in [0.5, 0.6) is 0 Å². The van der Waals surface area contributed by atoms with E-state index in [0.29, 0.717) is 6.42 Å². The van der Waals surface area contributed by atoms with E-state index in [2.05, 4.69) is 45.0 Å². The summed E-state index contributed by atoms with van der Waals surface area (Å²) in [6.07, 6.45) is 0.463. The van der Waals surface area contributed by atoms with Crippen molar-refractivity contribution in [2.24, 2.45) is 0 Å². The predicted molar refractivity (Wildman–Crippen MR) is 86.5 cm³/mol. The molecule has 0 saturated carbocycles. The normalized spacial score (nSPS) is 11.3. The zero-order valence-electron chi connectivity index (χ0n) is 12.2. The highest BCUT2D eigenvalue weighted by Gasteiger charge is 2.12. The van der Waals surface area contributed by atoms with Gasteiger partial charge in [-0.15, -0.1) is 11.8 Å². The van der Waals surface area contributed by atoms with E-state index >= 15 is 0 Å². The maximum atomic E-state index is 12.1. The lowest BCUT2D eigenvalue weighted by atomic mass is 10.0. The van der Waals surface area contributed by atoms with Crippen LogP contribution in [-0.2, 0) is 6.42 Å². The molecule has 0 aliphatic carbocycles. The summed E-state index contributed by atoms with van der Waals surface area (Å²) < 4.78 is 0.210. The molecular formula is C18H20OS. The molecule has 0 bridgehead atoms. The van der Waals surface area contributed by atoms with Gasteiger partial charge in [0.15, 0.2) is 5.78 Å². The molecule has 2 aromatic rings. The number of rotatable bonds is 4. The number of hydrogen-bond donors (Lipinski definition) is 0. The van der Waals surface area contributed by atoms with Gasteiger partial charge in [-0.1, -0.05) is 63.2 Å². The van der Waals surface area contributed by atoms with Crippen molar-refractivity contribution in [3.63, 3.8) is 0 Å². The number of thioether (sulfide) groups is 1. The Hall–Kier alpha value is -1.54. The van der Waals surface area contributed by atoms with Crippen molar-refractivity contribution in [1.29, 1.82) is 0 Å². The third-order valence-corrected chi connectivity index (χ3v) is 3.93. The highest BCUT2D eigenvalue weighted by Crippen LogP contribution is 2.31. The minimum absolute atomic E-state index is 0.168. The van der Waals surface area contributed by atoms with E-state index in [1.54, 1.807) is 0 Å². The molecule has 1 nitrogen and oxygen atoms in total. The van der Waals surface area contributed by atoms with Crippen LogP contribution < -0.4 is 0 Å². The minimum Gasteiger partial charge on any atom is -0.294 e. The molecule has 2 rings (SSSR count). The summed E-state index contributed by atoms with van der Waals surface area (Å²) >= 11 is 1.84. The lowest BCUT2D eigenvalue weighted by molar-refractivity contribution is 0.0993. The standard InChI is InChI=1S/C18H20OS/c1-18(2,3)20-16-11-9-14(10-12-16)13-17(19)15-7-5-4-6-8-15/h4-12H,13H2,1-3H3. The van der Waals surface area contributed by atoms with Crippen LogP contribution in [0.3, 0.4) is 0 Å². The first-order valence-corrected chi connectivity index (χ1v) is 7.62. The molecule has 0 atom stereocenters. The zero-order chi connectivity index (χ0) is 14.6. The molecule has 0 aliphatic rings. The van der Waals surface area contributed by atoms with E-state index in [1.807, 2.05) is 42.1 Å². The molecule has 0 unspecified atom stereocenters. The molecule has 0 spiro atoms. The van der Waals surface area contributed by atoms with Gasteiger partial charge in [0, 0.05) is 21.6 Å². The van der Waals surface area contributed by atoms with Crippen LogP contribution in [0.25, 0.3) is 0 Å². The number of ketones is 1. The maximum absolute atomic E-state index is 12.1. The van der Waals surface area contributed by atoms with Crippen LogP contribution in [0, 0.1) is 0 Å². The SMILES string of the molecule is CC(C)(C)Sc1ccc(CC(=O)c2ccccc2)cc1. The predicted octanol–water partition coefficient (Wildman–Crippen LogP) is 5.00. The molecule has 20 heavy (non-hydrogen) atoms. The molecule has 0 amide bonds. The molecule has 0 heterocycles. The van der Waals surface area contributed by atoms with Gasteiger partial charge < -0.3 is 0 Å². The summed E-state index contributed by atoms with van der Waals surface area (Å²) in [5, 5.41) is 0. The first kappa shape index (κ1) is 14.9. The number of carbonyl (C=O) groups is 1. The number of benzene rings is 2. The monoisotopic (exact) mass is 284 g/mol. The second kappa shape index (κ2) is 6.27. The van der Waals surface area contributed by atoms with Crippen molar-refractivity contribution in [3.8, 4) is 0 Å². The topological polar surface area (TPSA) is 17.1 Å². The first-order chi connectivity index (χ1) is 9.44. The van der Waals surface area contributed by atoms with E-state index in [4.69, 9.17) is 0 Å². The fraction of sp³-hybridized carbons (Fsp3) is 0.278. The van der Waals surface area contributed by atoms with Crippen LogP contribution >= 0.6 is 11.8 Å². The summed E-state index contributed by atoms with van der Waals surface area (Å²) in [7, 11) is 0. The highest BCUT2D eigenvalue weighted by atomic mass is 32.2. The quantitative estimate of drug-likeness (QED) is 0.580. The lowest BCUT2D eigenvalue weighted by Gasteiger charge is -2.17. The van der Waals surface area contributed by atoms with Gasteiger partial charge >= 0.3 is 0 Å². The van der Waals surface area contributed by atoms with Gasteiger partial charge in [0.25, 0.3) is 0 Å². The van der Waals surface area contributed by atoms with Gasteiger partial charge in [-0.2, -0.15) is 0 Å². The Bertz CT molecular complexity index is 565. The number of Topliss-reactive ketones (excluding diaryl/α,β-unsaturated/α-hetero) is 1. The van der Waals surface area contributed by atoms with Crippen LogP contribution in [0.1, 0.15) is 36.7 Å². The Labute approximate surface area is 125 Å². The molecule has 0 N–H and O–H groups in total. The summed E-state index contributed by atoms with van der Waals surface area (Å²) in [5.74, 6) is 0.168. The summed E-state index contributed by atoms with van der Waals surface area (Å²) in [5.41, 5.74) is 1.85. The Balaban J connectivity index is 2.02. The van der Waals surface area contributed by atoms with Crippen molar-refractivity contribution < 1.29 is 4.79 Å². The van der Waals surface area contributed by atoms with Gasteiger partial charge in [0.2, 0.25) is 0 Å². The zero-order valence-corrected chi connectivity index (χ0v) is 13.0. The van der Waals surface area contributed by atoms with E-state index < -0.39 is 0 Å². The fourth-order valence-electron chi connectivity index (χ4n) is 1.94. The van der Waals surface area contributed by atoms with Crippen LogP contribution in [0.4, 0.5) is 0 Å². The van der Waals surface area contributed by atoms with Gasteiger partial charge in [-0.05, 0) is 17.7 Å². The van der Waals surface area contributed by atoms with Crippen molar-refractivity contribution in [2.75, 3.05) is 0 Å². The summed E-state index contributed by atoms with van der Waals surface area (Å²) in [6.45, 7) is 6.60. The third kappa shape index (κ3) is 4.53. The second-order valence-electron chi connectivity index (χ2n) is 5.82. The third-order valence-electron chi connectivity index (χ3n) is 2.81. The molecular weight excluding hydrogens is 264 g/mol. The van der Waals surface area contributed by atoms with E-state index in [-0.39, 0.29) is 10.5 Å². The van der Waals surface area contributed by atoms with Crippen molar-refractivity contribution in [1.82, 2.24) is 0 Å². The first-order valence-electron chi connectivity index (χ1n) is 6.80. The van der Waals surface area contributed by atoms with Crippen molar-refractivity contribution in [3.05, 3.63) is 65.7 Å². The second-order valence-corrected chi connectivity index (χ2v) is 7.72. The Morgan fingerprint density at radius 2 is 1.55 bits per heavy atom. The summed E-state index contributed by atoms with van der Waals surface area (Å²) in [4.78, 5) is 13.4. The van der Waals surface area contributed by atoms with Gasteiger partial charge in [0.05, 0.1) is 0 Å².